The number of nitrogens with one attached hydrogen (secondary N) is 3. The second-order valence-corrected chi connectivity index (χ2v) is 5.92. The zero-order chi connectivity index (χ0) is 19.4. The van der Waals surface area contributed by atoms with Gasteiger partial charge in [0.25, 0.3) is 5.91 Å². The molecule has 0 aliphatic heterocycles. The molecule has 0 saturated carbocycles. The Morgan fingerprint density at radius 2 is 2.11 bits per heavy atom. The highest BCUT2D eigenvalue weighted by atomic mass is 16.1. The number of amides is 1. The number of aryl methyl sites for hydroxylation is 2. The Kier molecular flexibility index (Phi) is 4.95. The minimum Gasteiger partial charge on any atom is -0.352 e. The Bertz CT molecular complexity index is 1060. The van der Waals surface area contributed by atoms with Crippen molar-refractivity contribution in [2.75, 3.05) is 10.6 Å². The zero-order valence-corrected chi connectivity index (χ0v) is 14.8. The summed E-state index contributed by atoms with van der Waals surface area (Å²) in [5.41, 5.74) is 4.02. The van der Waals surface area contributed by atoms with E-state index in [0.29, 0.717) is 28.1 Å². The van der Waals surface area contributed by atoms with Crippen LogP contribution in [0.1, 0.15) is 27.2 Å². The molecule has 1 amide bonds. The van der Waals surface area contributed by atoms with Crippen molar-refractivity contribution in [3.63, 3.8) is 0 Å². The molecule has 27 heavy (non-hydrogen) atoms. The van der Waals surface area contributed by atoms with Gasteiger partial charge in [0.05, 0.1) is 17.4 Å². The van der Waals surface area contributed by atoms with E-state index in [2.05, 4.69) is 20.7 Å². The highest BCUT2D eigenvalue weighted by Crippen LogP contribution is 2.24. The third-order valence-electron chi connectivity index (χ3n) is 3.92. The van der Waals surface area contributed by atoms with Gasteiger partial charge in [0.1, 0.15) is 11.8 Å². The van der Waals surface area contributed by atoms with E-state index < -0.39 is 0 Å². The molecule has 0 saturated heterocycles. The number of nitrogens with zero attached hydrogens (tertiary/aromatic N) is 4. The molecule has 8 heteroatoms. The van der Waals surface area contributed by atoms with Crippen molar-refractivity contribution in [1.82, 2.24) is 14.8 Å². The number of pyridine rings is 1. The fraction of sp³-hybridized carbons (Fsp3) is 0.105. The lowest BCUT2D eigenvalue weighted by molar-refractivity contribution is 0.102. The second kappa shape index (κ2) is 7.49. The largest absolute Gasteiger partial charge is 0.352 e. The predicted octanol–water partition coefficient (Wildman–Crippen LogP) is 2.99. The van der Waals surface area contributed by atoms with Gasteiger partial charge in [0, 0.05) is 42.6 Å². The summed E-state index contributed by atoms with van der Waals surface area (Å²) < 4.78 is 1.67. The summed E-state index contributed by atoms with van der Waals surface area (Å²) in [5, 5.41) is 26.6. The van der Waals surface area contributed by atoms with E-state index in [-0.39, 0.29) is 11.6 Å². The molecular weight excluding hydrogens is 342 g/mol. The maximum Gasteiger partial charge on any atom is 0.257 e. The van der Waals surface area contributed by atoms with E-state index in [0.717, 1.165) is 5.69 Å². The molecule has 3 aromatic rings. The molecule has 1 aromatic carbocycles. The minimum absolute atomic E-state index is 0.266. The molecule has 0 bridgehead atoms. The van der Waals surface area contributed by atoms with Crippen LogP contribution >= 0.6 is 0 Å². The SMILES string of the molecule is Cc1cc(C#N)ncc1C(=O)Nc1ccc(C=N)c(Nc2cnn(C)c2)c1. The average Bonchev–Trinajstić information content (AvgIpc) is 3.06. The molecule has 0 spiro atoms. The Morgan fingerprint density at radius 3 is 2.74 bits per heavy atom. The molecule has 0 fully saturated rings. The first-order chi connectivity index (χ1) is 13.0. The van der Waals surface area contributed by atoms with Gasteiger partial charge in [0.15, 0.2) is 0 Å². The first-order valence-corrected chi connectivity index (χ1v) is 8.08. The summed E-state index contributed by atoms with van der Waals surface area (Å²) >= 11 is 0. The van der Waals surface area contributed by atoms with Gasteiger partial charge in [-0.3, -0.25) is 9.48 Å². The maximum absolute atomic E-state index is 12.5. The van der Waals surface area contributed by atoms with Crippen LogP contribution < -0.4 is 10.6 Å². The van der Waals surface area contributed by atoms with Crippen LogP contribution in [0.25, 0.3) is 0 Å². The fourth-order valence-corrected chi connectivity index (χ4v) is 2.56. The summed E-state index contributed by atoms with van der Waals surface area (Å²) in [6.45, 7) is 1.75. The van der Waals surface area contributed by atoms with Crippen LogP contribution in [-0.4, -0.2) is 26.9 Å². The van der Waals surface area contributed by atoms with E-state index in [1.165, 1.54) is 12.4 Å². The van der Waals surface area contributed by atoms with Crippen molar-refractivity contribution in [2.45, 2.75) is 6.92 Å². The van der Waals surface area contributed by atoms with E-state index >= 15 is 0 Å². The van der Waals surface area contributed by atoms with E-state index in [9.17, 15) is 4.79 Å². The summed E-state index contributed by atoms with van der Waals surface area (Å²) in [4.78, 5) is 16.5. The summed E-state index contributed by atoms with van der Waals surface area (Å²) in [6, 6.07) is 8.73. The van der Waals surface area contributed by atoms with Crippen LogP contribution in [0.4, 0.5) is 17.1 Å². The Balaban J connectivity index is 1.84. The molecule has 3 rings (SSSR count). The molecule has 2 aromatic heterocycles. The molecule has 0 unspecified atom stereocenters. The van der Waals surface area contributed by atoms with Crippen molar-refractivity contribution in [3.05, 3.63) is 65.2 Å². The average molecular weight is 359 g/mol. The fourth-order valence-electron chi connectivity index (χ4n) is 2.56. The molecule has 8 nitrogen and oxygen atoms in total. The predicted molar refractivity (Wildman–Crippen MR) is 102 cm³/mol. The van der Waals surface area contributed by atoms with Crippen LogP contribution in [0.15, 0.2) is 42.9 Å². The number of aromatic nitrogens is 3. The first kappa shape index (κ1) is 17.8. The standard InChI is InChI=1S/C19H17N7O/c1-12-5-15(8-21)22-10-17(12)19(27)25-14-4-3-13(7-20)18(6-14)24-16-9-23-26(2)11-16/h3-7,9-11,20,24H,1-2H3,(H,25,27). The number of carbonyl (C=O) groups is 1. The Morgan fingerprint density at radius 1 is 1.30 bits per heavy atom. The third-order valence-corrected chi connectivity index (χ3v) is 3.92. The van der Waals surface area contributed by atoms with Crippen molar-refractivity contribution in [2.24, 2.45) is 7.05 Å². The highest BCUT2D eigenvalue weighted by molar-refractivity contribution is 6.05. The van der Waals surface area contributed by atoms with Crippen molar-refractivity contribution in [3.8, 4) is 6.07 Å². The Labute approximate surface area is 156 Å². The number of benzene rings is 1. The topological polar surface area (TPSA) is 119 Å². The number of nitriles is 1. The van der Waals surface area contributed by atoms with Crippen molar-refractivity contribution >= 4 is 29.2 Å². The smallest absolute Gasteiger partial charge is 0.257 e. The number of carbonyl (C=O) groups excluding carboxylic acids is 1. The lowest BCUT2D eigenvalue weighted by Crippen LogP contribution is -2.14. The maximum atomic E-state index is 12.5. The molecule has 0 aliphatic rings. The van der Waals surface area contributed by atoms with Crippen LogP contribution in [0.3, 0.4) is 0 Å². The molecule has 3 N–H and O–H groups in total. The van der Waals surface area contributed by atoms with Crippen molar-refractivity contribution < 1.29 is 4.79 Å². The van der Waals surface area contributed by atoms with Crippen molar-refractivity contribution in [1.29, 1.82) is 10.7 Å². The van der Waals surface area contributed by atoms with E-state index in [1.807, 2.05) is 19.3 Å². The van der Waals surface area contributed by atoms with E-state index in [4.69, 9.17) is 10.7 Å². The van der Waals surface area contributed by atoms with Gasteiger partial charge in [0.2, 0.25) is 0 Å². The second-order valence-electron chi connectivity index (χ2n) is 5.92. The first-order valence-electron chi connectivity index (χ1n) is 8.08. The van der Waals surface area contributed by atoms with Crippen LogP contribution in [0, 0.1) is 23.7 Å². The summed E-state index contributed by atoms with van der Waals surface area (Å²) in [6.07, 6.45) is 6.11. The summed E-state index contributed by atoms with van der Waals surface area (Å²) in [5.74, 6) is -0.320. The lowest BCUT2D eigenvalue weighted by Gasteiger charge is -2.12. The monoisotopic (exact) mass is 359 g/mol. The molecule has 0 radical (unpaired) electrons. The highest BCUT2D eigenvalue weighted by Gasteiger charge is 2.12. The van der Waals surface area contributed by atoms with Gasteiger partial charge in [-0.25, -0.2) is 4.98 Å². The van der Waals surface area contributed by atoms with Crippen LogP contribution in [-0.2, 0) is 7.05 Å². The van der Waals surface area contributed by atoms with Crippen LogP contribution in [0.2, 0.25) is 0 Å². The van der Waals surface area contributed by atoms with E-state index in [1.54, 1.807) is 42.1 Å². The molecule has 0 aliphatic carbocycles. The zero-order valence-electron chi connectivity index (χ0n) is 14.8. The van der Waals surface area contributed by atoms with Gasteiger partial charge in [-0.15, -0.1) is 0 Å². The minimum atomic E-state index is -0.320. The molecule has 2 heterocycles. The molecule has 0 atom stereocenters. The third kappa shape index (κ3) is 3.99. The normalized spacial score (nSPS) is 10.1. The number of hydrogen-bond donors (Lipinski definition) is 3. The number of hydrogen-bond acceptors (Lipinski definition) is 6. The number of anilines is 3. The van der Waals surface area contributed by atoms with Gasteiger partial charge in [-0.1, -0.05) is 0 Å². The molecule has 134 valence electrons. The number of rotatable bonds is 5. The lowest BCUT2D eigenvalue weighted by atomic mass is 10.1. The molecular formula is C19H17N7O. The van der Waals surface area contributed by atoms with Gasteiger partial charge >= 0.3 is 0 Å². The van der Waals surface area contributed by atoms with Gasteiger partial charge in [-0.2, -0.15) is 10.4 Å². The summed E-state index contributed by atoms with van der Waals surface area (Å²) in [7, 11) is 1.81. The Hall–Kier alpha value is -3.99. The van der Waals surface area contributed by atoms with Crippen LogP contribution in [0.5, 0.6) is 0 Å². The van der Waals surface area contributed by atoms with Gasteiger partial charge in [-0.05, 0) is 36.8 Å². The quantitative estimate of drug-likeness (QED) is 0.605. The van der Waals surface area contributed by atoms with Gasteiger partial charge < -0.3 is 16.0 Å².